The molecule has 1 saturated carbocycles. The highest BCUT2D eigenvalue weighted by molar-refractivity contribution is 4.76. The van der Waals surface area contributed by atoms with E-state index in [2.05, 4.69) is 0 Å². The summed E-state index contributed by atoms with van der Waals surface area (Å²) in [6, 6.07) is 0. The molecule has 0 aromatic rings. The van der Waals surface area contributed by atoms with Crippen LogP contribution in [-0.2, 0) is 5.11 Å². The molecular formula is C5H10NO. The third-order valence-corrected chi connectivity index (χ3v) is 1.45. The van der Waals surface area contributed by atoms with E-state index in [9.17, 15) is 5.11 Å². The molecule has 2 N–H and O–H groups in total. The Kier molecular flexibility index (Phi) is 1.05. The molecule has 2 nitrogen and oxygen atoms in total. The summed E-state index contributed by atoms with van der Waals surface area (Å²) in [4.78, 5) is 0. The highest BCUT2D eigenvalue weighted by Crippen LogP contribution is 2.24. The van der Waals surface area contributed by atoms with Crippen LogP contribution in [0.2, 0.25) is 0 Å². The van der Waals surface area contributed by atoms with Crippen molar-refractivity contribution in [2.45, 2.75) is 31.4 Å². The van der Waals surface area contributed by atoms with Gasteiger partial charge in [0.2, 0.25) is 0 Å². The molecule has 0 atom stereocenters. The topological polar surface area (TPSA) is 45.9 Å². The minimum atomic E-state index is -1.06. The van der Waals surface area contributed by atoms with Crippen LogP contribution in [0.4, 0.5) is 0 Å². The lowest BCUT2D eigenvalue weighted by Gasteiger charge is -2.08. The number of hydrogen-bond donors (Lipinski definition) is 1. The van der Waals surface area contributed by atoms with Crippen LogP contribution in [-0.4, -0.2) is 5.72 Å². The highest BCUT2D eigenvalue weighted by Gasteiger charge is 2.27. The van der Waals surface area contributed by atoms with Gasteiger partial charge in [-0.25, -0.2) is 5.11 Å². The molecule has 2 heteroatoms. The molecule has 1 aliphatic rings. The summed E-state index contributed by atoms with van der Waals surface area (Å²) in [6.45, 7) is 0. The van der Waals surface area contributed by atoms with Crippen molar-refractivity contribution in [3.8, 4) is 0 Å². The van der Waals surface area contributed by atoms with Crippen molar-refractivity contribution >= 4 is 0 Å². The van der Waals surface area contributed by atoms with Crippen LogP contribution in [0.1, 0.15) is 25.7 Å². The van der Waals surface area contributed by atoms with E-state index in [1.807, 2.05) is 0 Å². The van der Waals surface area contributed by atoms with E-state index in [0.29, 0.717) is 12.8 Å². The molecule has 0 spiro atoms. The smallest absolute Gasteiger partial charge is 0.151 e. The fourth-order valence-corrected chi connectivity index (χ4v) is 0.973. The fourth-order valence-electron chi connectivity index (χ4n) is 0.973. The van der Waals surface area contributed by atoms with E-state index in [1.54, 1.807) is 0 Å². The number of nitrogens with two attached hydrogens (primary N) is 1. The maximum absolute atomic E-state index is 10.7. The molecule has 1 radical (unpaired) electrons. The zero-order valence-corrected chi connectivity index (χ0v) is 4.31. The second kappa shape index (κ2) is 1.46. The minimum Gasteiger partial charge on any atom is -0.301 e. The van der Waals surface area contributed by atoms with Crippen LogP contribution in [0.3, 0.4) is 0 Å². The molecule has 0 aromatic carbocycles. The first-order valence-electron chi connectivity index (χ1n) is 2.70. The van der Waals surface area contributed by atoms with Gasteiger partial charge in [-0.05, 0) is 25.7 Å². The maximum Gasteiger partial charge on any atom is 0.151 e. The van der Waals surface area contributed by atoms with Crippen molar-refractivity contribution in [1.82, 2.24) is 0 Å². The summed E-state index contributed by atoms with van der Waals surface area (Å²) in [5.74, 6) is 0. The highest BCUT2D eigenvalue weighted by atomic mass is 16.3. The molecule has 1 fully saturated rings. The third kappa shape index (κ3) is 1.14. The van der Waals surface area contributed by atoms with Gasteiger partial charge in [-0.15, -0.1) is 0 Å². The fraction of sp³-hybridized carbons (Fsp3) is 1.00. The molecule has 41 valence electrons. The summed E-state index contributed by atoms with van der Waals surface area (Å²) in [7, 11) is 0. The average molecular weight is 100 g/mol. The summed E-state index contributed by atoms with van der Waals surface area (Å²) < 4.78 is 0. The van der Waals surface area contributed by atoms with Gasteiger partial charge in [0.25, 0.3) is 0 Å². The predicted molar refractivity (Wildman–Crippen MR) is 26.1 cm³/mol. The normalized spacial score (nSPS) is 28.3. The molecule has 0 aliphatic heterocycles. The van der Waals surface area contributed by atoms with Crippen LogP contribution in [0.15, 0.2) is 0 Å². The lowest BCUT2D eigenvalue weighted by atomic mass is 10.2. The Morgan fingerprint density at radius 2 is 1.71 bits per heavy atom. The van der Waals surface area contributed by atoms with Crippen LogP contribution >= 0.6 is 0 Å². The van der Waals surface area contributed by atoms with Crippen molar-refractivity contribution < 1.29 is 5.11 Å². The largest absolute Gasteiger partial charge is 0.301 e. The van der Waals surface area contributed by atoms with Gasteiger partial charge in [0.05, 0.1) is 0 Å². The molecule has 0 bridgehead atoms. The van der Waals surface area contributed by atoms with Crippen molar-refractivity contribution in [3.63, 3.8) is 0 Å². The lowest BCUT2D eigenvalue weighted by molar-refractivity contribution is -0.0177. The summed E-state index contributed by atoms with van der Waals surface area (Å²) in [5, 5.41) is 10.7. The monoisotopic (exact) mass is 100 g/mol. The molecule has 7 heavy (non-hydrogen) atoms. The molecule has 0 unspecified atom stereocenters. The molecular weight excluding hydrogens is 90.1 g/mol. The van der Waals surface area contributed by atoms with Gasteiger partial charge < -0.3 is 5.73 Å². The number of rotatable bonds is 0. The average Bonchev–Trinajstić information content (AvgIpc) is 1.84. The van der Waals surface area contributed by atoms with Gasteiger partial charge in [0.15, 0.2) is 5.72 Å². The molecule has 0 heterocycles. The van der Waals surface area contributed by atoms with E-state index in [0.717, 1.165) is 12.8 Å². The van der Waals surface area contributed by atoms with Gasteiger partial charge in [-0.2, -0.15) is 0 Å². The van der Waals surface area contributed by atoms with Crippen molar-refractivity contribution in [3.05, 3.63) is 0 Å². The zero-order valence-electron chi connectivity index (χ0n) is 4.31. The number of hydrogen-bond acceptors (Lipinski definition) is 1. The van der Waals surface area contributed by atoms with E-state index >= 15 is 0 Å². The van der Waals surface area contributed by atoms with Crippen molar-refractivity contribution in [2.75, 3.05) is 0 Å². The Labute approximate surface area is 43.3 Å². The maximum atomic E-state index is 10.7. The zero-order chi connectivity index (χ0) is 5.33. The second-order valence-corrected chi connectivity index (χ2v) is 2.27. The SMILES string of the molecule is NC1([O])CCCC1. The molecule has 1 aliphatic carbocycles. The van der Waals surface area contributed by atoms with Crippen molar-refractivity contribution in [2.24, 2.45) is 5.73 Å². The van der Waals surface area contributed by atoms with Crippen molar-refractivity contribution in [1.29, 1.82) is 0 Å². The van der Waals surface area contributed by atoms with Crippen LogP contribution in [0.25, 0.3) is 0 Å². The minimum absolute atomic E-state index is 0.674. The van der Waals surface area contributed by atoms with E-state index in [-0.39, 0.29) is 0 Å². The second-order valence-electron chi connectivity index (χ2n) is 2.27. The van der Waals surface area contributed by atoms with E-state index < -0.39 is 5.72 Å². The Morgan fingerprint density at radius 1 is 1.29 bits per heavy atom. The van der Waals surface area contributed by atoms with Gasteiger partial charge >= 0.3 is 0 Å². The Balaban J connectivity index is 2.40. The van der Waals surface area contributed by atoms with Gasteiger partial charge in [0.1, 0.15) is 0 Å². The summed E-state index contributed by atoms with van der Waals surface area (Å²) in [6.07, 6.45) is 3.40. The Bertz CT molecular complexity index is 62.5. The van der Waals surface area contributed by atoms with E-state index in [4.69, 9.17) is 5.73 Å². The third-order valence-electron chi connectivity index (χ3n) is 1.45. The van der Waals surface area contributed by atoms with Gasteiger partial charge in [-0.1, -0.05) is 0 Å². The van der Waals surface area contributed by atoms with Crippen LogP contribution in [0, 0.1) is 0 Å². The van der Waals surface area contributed by atoms with Crippen LogP contribution < -0.4 is 5.73 Å². The molecule has 0 saturated heterocycles. The summed E-state index contributed by atoms with van der Waals surface area (Å²) >= 11 is 0. The Morgan fingerprint density at radius 3 is 1.86 bits per heavy atom. The first-order chi connectivity index (χ1) is 3.21. The van der Waals surface area contributed by atoms with Gasteiger partial charge in [-0.3, -0.25) is 0 Å². The van der Waals surface area contributed by atoms with E-state index in [1.165, 1.54) is 0 Å². The predicted octanol–water partition coefficient (Wildman–Crippen LogP) is 0.646. The summed E-state index contributed by atoms with van der Waals surface area (Å²) in [5.41, 5.74) is 4.17. The molecule has 1 rings (SSSR count). The standard InChI is InChI=1S/C5H10NO/c6-5(7)3-1-2-4-5/h1-4,6H2. The first-order valence-corrected chi connectivity index (χ1v) is 2.70. The molecule has 0 aromatic heterocycles. The Hall–Kier alpha value is -0.0800. The van der Waals surface area contributed by atoms with Crippen LogP contribution in [0.5, 0.6) is 0 Å². The lowest BCUT2D eigenvalue weighted by Crippen LogP contribution is -2.33. The van der Waals surface area contributed by atoms with Gasteiger partial charge in [0, 0.05) is 0 Å². The first kappa shape index (κ1) is 5.06. The molecule has 0 amide bonds. The quantitative estimate of drug-likeness (QED) is 0.446.